The fourth-order valence-electron chi connectivity index (χ4n) is 2.71. The number of aromatic nitrogens is 3. The maximum atomic E-state index is 12.7. The number of benzene rings is 1. The Bertz CT molecular complexity index is 927. The largest absolute Gasteiger partial charge is 0.314 e. The van der Waals surface area contributed by atoms with Gasteiger partial charge in [-0.05, 0) is 31.0 Å². The van der Waals surface area contributed by atoms with Gasteiger partial charge in [0.1, 0.15) is 0 Å². The molecule has 0 radical (unpaired) electrons. The zero-order chi connectivity index (χ0) is 15.9. The molecule has 3 aromatic rings. The third-order valence-corrected chi connectivity index (χ3v) is 6.48. The number of hydrogen-bond donors (Lipinski definition) is 2. The number of hydrogen-bond acceptors (Lipinski definition) is 6. The third kappa shape index (κ3) is 2.60. The molecular weight excluding hydrogens is 334 g/mol. The van der Waals surface area contributed by atoms with Gasteiger partial charge in [-0.1, -0.05) is 0 Å². The summed E-state index contributed by atoms with van der Waals surface area (Å²) in [6.45, 7) is 1.19. The van der Waals surface area contributed by atoms with E-state index >= 15 is 0 Å². The zero-order valence-electron chi connectivity index (χ0n) is 12.2. The molecule has 1 aliphatic rings. The summed E-state index contributed by atoms with van der Waals surface area (Å²) in [5.74, 6) is 0.577. The number of fused-ring (bicyclic) bond motifs is 1. The molecule has 3 heterocycles. The Labute approximate surface area is 137 Å². The van der Waals surface area contributed by atoms with Crippen LogP contribution in [0, 0.1) is 0 Å². The van der Waals surface area contributed by atoms with E-state index in [9.17, 15) is 8.42 Å². The fraction of sp³-hybridized carbons (Fsp3) is 0.286. The highest BCUT2D eigenvalue weighted by atomic mass is 32.2. The first kappa shape index (κ1) is 14.6. The summed E-state index contributed by atoms with van der Waals surface area (Å²) in [7, 11) is -3.44. The van der Waals surface area contributed by atoms with E-state index in [1.807, 2.05) is 5.38 Å². The molecule has 2 N–H and O–H groups in total. The highest BCUT2D eigenvalue weighted by Gasteiger charge is 2.27. The van der Waals surface area contributed by atoms with E-state index < -0.39 is 10.0 Å². The molecular formula is C14H15N5O2S2. The van der Waals surface area contributed by atoms with E-state index in [4.69, 9.17) is 0 Å². The predicted molar refractivity (Wildman–Crippen MR) is 89.5 cm³/mol. The summed E-state index contributed by atoms with van der Waals surface area (Å²) >= 11 is 1.46. The van der Waals surface area contributed by atoms with Crippen molar-refractivity contribution in [3.63, 3.8) is 0 Å². The molecule has 1 aliphatic heterocycles. The van der Waals surface area contributed by atoms with Crippen LogP contribution in [0.4, 0.5) is 10.9 Å². The van der Waals surface area contributed by atoms with Gasteiger partial charge < -0.3 is 5.32 Å². The van der Waals surface area contributed by atoms with Crippen LogP contribution in [0.5, 0.6) is 0 Å². The molecule has 7 nitrogen and oxygen atoms in total. The van der Waals surface area contributed by atoms with Crippen molar-refractivity contribution in [3.05, 3.63) is 29.8 Å². The number of nitrogens with one attached hydrogen (secondary N) is 2. The van der Waals surface area contributed by atoms with Crippen molar-refractivity contribution in [2.24, 2.45) is 0 Å². The van der Waals surface area contributed by atoms with E-state index in [1.165, 1.54) is 11.3 Å². The van der Waals surface area contributed by atoms with Crippen LogP contribution in [0.1, 0.15) is 12.8 Å². The third-order valence-electron chi connectivity index (χ3n) is 3.89. The minimum atomic E-state index is -3.44. The average molecular weight is 349 g/mol. The second-order valence-corrected chi connectivity index (χ2v) is 8.19. The van der Waals surface area contributed by atoms with Gasteiger partial charge >= 0.3 is 0 Å². The van der Waals surface area contributed by atoms with Gasteiger partial charge in [-0.25, -0.2) is 13.4 Å². The number of sulfonamides is 1. The normalized spacial score (nSPS) is 16.2. The molecule has 1 saturated heterocycles. The van der Waals surface area contributed by atoms with Crippen molar-refractivity contribution in [3.8, 4) is 0 Å². The number of anilines is 2. The van der Waals surface area contributed by atoms with E-state index in [0.717, 1.165) is 23.7 Å². The fourth-order valence-corrected chi connectivity index (χ4v) is 4.78. The van der Waals surface area contributed by atoms with Gasteiger partial charge in [-0.15, -0.1) is 11.3 Å². The van der Waals surface area contributed by atoms with Crippen LogP contribution in [0.3, 0.4) is 0 Å². The molecule has 0 saturated carbocycles. The minimum absolute atomic E-state index is 0.301. The number of aromatic amines is 1. The summed E-state index contributed by atoms with van der Waals surface area (Å²) in [6.07, 6.45) is 3.54. The quantitative estimate of drug-likeness (QED) is 0.755. The number of nitrogens with zero attached hydrogens (tertiary/aromatic N) is 3. The Hall–Kier alpha value is -1.97. The van der Waals surface area contributed by atoms with Crippen molar-refractivity contribution < 1.29 is 8.42 Å². The standard InChI is InChI=1S/C14H15N5O2S2/c20-23(21,19-6-1-2-7-19)10-3-4-12-11(9-10)13(18-17-12)16-14-15-5-8-22-14/h3-5,8-9H,1-2,6-7H2,(H2,15,16,17,18). The molecule has 0 unspecified atom stereocenters. The van der Waals surface area contributed by atoms with E-state index in [1.54, 1.807) is 28.7 Å². The predicted octanol–water partition coefficient (Wildman–Crippen LogP) is 2.55. The minimum Gasteiger partial charge on any atom is -0.314 e. The smallest absolute Gasteiger partial charge is 0.243 e. The van der Waals surface area contributed by atoms with Gasteiger partial charge in [0.05, 0.1) is 10.4 Å². The summed E-state index contributed by atoms with van der Waals surface area (Å²) in [6, 6.07) is 5.04. The molecule has 0 atom stereocenters. The van der Waals surface area contributed by atoms with E-state index in [0.29, 0.717) is 28.9 Å². The summed E-state index contributed by atoms with van der Waals surface area (Å²) in [4.78, 5) is 4.46. The summed E-state index contributed by atoms with van der Waals surface area (Å²) < 4.78 is 26.9. The number of H-pyrrole nitrogens is 1. The second-order valence-electron chi connectivity index (χ2n) is 5.35. The van der Waals surface area contributed by atoms with Gasteiger partial charge in [-0.2, -0.15) is 9.40 Å². The molecule has 0 spiro atoms. The van der Waals surface area contributed by atoms with Gasteiger partial charge in [-0.3, -0.25) is 5.10 Å². The first-order valence-corrected chi connectivity index (χ1v) is 9.61. The van der Waals surface area contributed by atoms with Crippen LogP contribution in [-0.4, -0.2) is 41.0 Å². The maximum Gasteiger partial charge on any atom is 0.243 e. The SMILES string of the molecule is O=S(=O)(c1ccc2[nH]nc(Nc3nccs3)c2c1)N1CCCC1. The highest BCUT2D eigenvalue weighted by molar-refractivity contribution is 7.89. The van der Waals surface area contributed by atoms with Crippen molar-refractivity contribution in [1.29, 1.82) is 0 Å². The van der Waals surface area contributed by atoms with Crippen molar-refractivity contribution in [2.75, 3.05) is 18.4 Å². The molecule has 0 bridgehead atoms. The first-order valence-electron chi connectivity index (χ1n) is 7.29. The van der Waals surface area contributed by atoms with Crippen LogP contribution < -0.4 is 5.32 Å². The van der Waals surface area contributed by atoms with Gasteiger partial charge in [0.2, 0.25) is 10.0 Å². The molecule has 23 heavy (non-hydrogen) atoms. The Morgan fingerprint density at radius 1 is 1.26 bits per heavy atom. The average Bonchev–Trinajstić information content (AvgIpc) is 3.30. The van der Waals surface area contributed by atoms with Crippen molar-refractivity contribution in [1.82, 2.24) is 19.5 Å². The highest BCUT2D eigenvalue weighted by Crippen LogP contribution is 2.29. The van der Waals surface area contributed by atoms with Gasteiger partial charge in [0, 0.05) is 30.1 Å². The first-order chi connectivity index (χ1) is 11.1. The Balaban J connectivity index is 1.74. The van der Waals surface area contributed by atoms with Crippen molar-refractivity contribution in [2.45, 2.75) is 17.7 Å². The maximum absolute atomic E-state index is 12.7. The van der Waals surface area contributed by atoms with Crippen LogP contribution in [0.25, 0.3) is 10.9 Å². The topological polar surface area (TPSA) is 91.0 Å². The molecule has 1 fully saturated rings. The van der Waals surface area contributed by atoms with Crippen molar-refractivity contribution >= 4 is 43.2 Å². The zero-order valence-corrected chi connectivity index (χ0v) is 13.8. The Morgan fingerprint density at radius 2 is 2.09 bits per heavy atom. The number of rotatable bonds is 4. The van der Waals surface area contributed by atoms with Gasteiger partial charge in [0.15, 0.2) is 10.9 Å². The molecule has 0 aliphatic carbocycles. The van der Waals surface area contributed by atoms with Crippen LogP contribution in [-0.2, 0) is 10.0 Å². The van der Waals surface area contributed by atoms with Gasteiger partial charge in [0.25, 0.3) is 0 Å². The number of thiazole rings is 1. The lowest BCUT2D eigenvalue weighted by molar-refractivity contribution is 0.477. The molecule has 4 rings (SSSR count). The van der Waals surface area contributed by atoms with E-state index in [-0.39, 0.29) is 0 Å². The van der Waals surface area contributed by atoms with Crippen LogP contribution in [0.2, 0.25) is 0 Å². The monoisotopic (exact) mass is 349 g/mol. The summed E-state index contributed by atoms with van der Waals surface area (Å²) in [5, 5.41) is 13.5. The lowest BCUT2D eigenvalue weighted by Gasteiger charge is -2.15. The Kier molecular flexibility index (Phi) is 3.55. The van der Waals surface area contributed by atoms with E-state index in [2.05, 4.69) is 20.5 Å². The van der Waals surface area contributed by atoms with Crippen LogP contribution in [0.15, 0.2) is 34.7 Å². The molecule has 9 heteroatoms. The lowest BCUT2D eigenvalue weighted by atomic mass is 10.2. The lowest BCUT2D eigenvalue weighted by Crippen LogP contribution is -2.27. The molecule has 1 aromatic carbocycles. The molecule has 2 aromatic heterocycles. The van der Waals surface area contributed by atoms with Crippen LogP contribution >= 0.6 is 11.3 Å². The Morgan fingerprint density at radius 3 is 2.83 bits per heavy atom. The summed E-state index contributed by atoms with van der Waals surface area (Å²) in [5.41, 5.74) is 0.782. The molecule has 120 valence electrons. The second kappa shape index (κ2) is 5.59. The molecule has 0 amide bonds.